The number of aryl methyl sites for hydroxylation is 1. The van der Waals surface area contributed by atoms with Gasteiger partial charge in [0.1, 0.15) is 0 Å². The number of hydrogen-bond donors (Lipinski definition) is 0. The second kappa shape index (κ2) is 6.70. The number of amides is 1. The Morgan fingerprint density at radius 1 is 1.50 bits per heavy atom. The molecule has 0 unspecified atom stereocenters. The fourth-order valence-corrected chi connectivity index (χ4v) is 2.70. The van der Waals surface area contributed by atoms with E-state index in [0.29, 0.717) is 12.1 Å². The van der Waals surface area contributed by atoms with E-state index in [9.17, 15) is 4.79 Å². The summed E-state index contributed by atoms with van der Waals surface area (Å²) in [7, 11) is 0. The van der Waals surface area contributed by atoms with Crippen molar-refractivity contribution >= 4 is 17.2 Å². The first-order chi connectivity index (χ1) is 9.65. The van der Waals surface area contributed by atoms with Gasteiger partial charge in [-0.15, -0.1) is 0 Å². The van der Waals surface area contributed by atoms with Gasteiger partial charge in [0.2, 0.25) is 0 Å². The Bertz CT molecular complexity index is 547. The molecule has 0 aliphatic carbocycles. The molecule has 4 nitrogen and oxygen atoms in total. The first-order valence-corrected chi connectivity index (χ1v) is 7.94. The van der Waals surface area contributed by atoms with Gasteiger partial charge in [-0.2, -0.15) is 16.4 Å². The minimum atomic E-state index is 0.0604. The number of rotatable bonds is 6. The van der Waals surface area contributed by atoms with Crippen LogP contribution in [0.15, 0.2) is 29.2 Å². The monoisotopic (exact) mass is 291 g/mol. The number of thiophene rings is 1. The molecule has 0 fully saturated rings. The summed E-state index contributed by atoms with van der Waals surface area (Å²) in [4.78, 5) is 14.6. The molecule has 0 saturated carbocycles. The summed E-state index contributed by atoms with van der Waals surface area (Å²) < 4.78 is 1.78. The third-order valence-corrected chi connectivity index (χ3v) is 4.25. The minimum Gasteiger partial charge on any atom is -0.331 e. The average molecular weight is 291 g/mol. The van der Waals surface area contributed by atoms with Crippen LogP contribution in [0.3, 0.4) is 0 Å². The highest BCUT2D eigenvalue weighted by molar-refractivity contribution is 7.07. The van der Waals surface area contributed by atoms with Crippen LogP contribution in [0.4, 0.5) is 0 Å². The molecule has 1 atom stereocenters. The molecule has 0 bridgehead atoms. The van der Waals surface area contributed by atoms with Gasteiger partial charge in [0.15, 0.2) is 0 Å². The quantitative estimate of drug-likeness (QED) is 0.818. The maximum absolute atomic E-state index is 12.7. The molecule has 0 saturated heterocycles. The highest BCUT2D eigenvalue weighted by Crippen LogP contribution is 2.16. The molecule has 2 heterocycles. The summed E-state index contributed by atoms with van der Waals surface area (Å²) >= 11 is 1.66. The van der Waals surface area contributed by atoms with E-state index in [4.69, 9.17) is 0 Å². The number of hydrogen-bond acceptors (Lipinski definition) is 3. The maximum Gasteiger partial charge on any atom is 0.257 e. The largest absolute Gasteiger partial charge is 0.331 e. The fraction of sp³-hybridized carbons (Fsp3) is 0.467. The lowest BCUT2D eigenvalue weighted by Crippen LogP contribution is -2.37. The predicted octanol–water partition coefficient (Wildman–Crippen LogP) is 3.41. The van der Waals surface area contributed by atoms with Crippen molar-refractivity contribution in [2.75, 3.05) is 0 Å². The SMILES string of the molecule is CC[C@H](C)N(Cc1ccsc1)C(=O)c1cnn(CC)c1. The van der Waals surface area contributed by atoms with E-state index >= 15 is 0 Å². The average Bonchev–Trinajstić information content (AvgIpc) is 3.14. The number of carbonyl (C=O) groups is 1. The van der Waals surface area contributed by atoms with Gasteiger partial charge in [-0.1, -0.05) is 6.92 Å². The van der Waals surface area contributed by atoms with E-state index in [1.165, 1.54) is 5.56 Å². The molecule has 2 aromatic rings. The van der Waals surface area contributed by atoms with Gasteiger partial charge in [0.05, 0.1) is 11.8 Å². The Kier molecular flexibility index (Phi) is 4.95. The van der Waals surface area contributed by atoms with Crippen LogP contribution in [0.5, 0.6) is 0 Å². The van der Waals surface area contributed by atoms with Gasteiger partial charge in [-0.3, -0.25) is 9.48 Å². The zero-order valence-electron chi connectivity index (χ0n) is 12.2. The van der Waals surface area contributed by atoms with Crippen LogP contribution in [-0.4, -0.2) is 26.6 Å². The van der Waals surface area contributed by atoms with Crippen molar-refractivity contribution < 1.29 is 4.79 Å². The third kappa shape index (κ3) is 3.28. The van der Waals surface area contributed by atoms with E-state index in [0.717, 1.165) is 13.0 Å². The lowest BCUT2D eigenvalue weighted by atomic mass is 10.1. The topological polar surface area (TPSA) is 38.1 Å². The Hall–Kier alpha value is -1.62. The van der Waals surface area contributed by atoms with Gasteiger partial charge in [0, 0.05) is 25.3 Å². The zero-order valence-corrected chi connectivity index (χ0v) is 13.1. The van der Waals surface area contributed by atoms with Gasteiger partial charge in [0.25, 0.3) is 5.91 Å². The Balaban J connectivity index is 2.19. The highest BCUT2D eigenvalue weighted by atomic mass is 32.1. The van der Waals surface area contributed by atoms with Crippen LogP contribution in [0.1, 0.15) is 43.1 Å². The van der Waals surface area contributed by atoms with E-state index in [1.54, 1.807) is 22.2 Å². The molecule has 0 radical (unpaired) electrons. The molecule has 5 heteroatoms. The van der Waals surface area contributed by atoms with E-state index in [1.807, 2.05) is 23.4 Å². The molecule has 2 rings (SSSR count). The summed E-state index contributed by atoms with van der Waals surface area (Å²) in [6.07, 6.45) is 4.43. The second-order valence-corrected chi connectivity index (χ2v) is 5.69. The van der Waals surface area contributed by atoms with Crippen molar-refractivity contribution in [3.05, 3.63) is 40.3 Å². The van der Waals surface area contributed by atoms with Gasteiger partial charge >= 0.3 is 0 Å². The van der Waals surface area contributed by atoms with Crippen molar-refractivity contribution in [3.63, 3.8) is 0 Å². The molecular formula is C15H21N3OS. The molecule has 2 aromatic heterocycles. The number of aromatic nitrogens is 2. The molecule has 0 aliphatic heterocycles. The maximum atomic E-state index is 12.7. The normalized spacial score (nSPS) is 12.3. The van der Waals surface area contributed by atoms with Crippen LogP contribution < -0.4 is 0 Å². The van der Waals surface area contributed by atoms with Crippen molar-refractivity contribution in [3.8, 4) is 0 Å². The highest BCUT2D eigenvalue weighted by Gasteiger charge is 2.22. The van der Waals surface area contributed by atoms with Gasteiger partial charge in [-0.05, 0) is 42.7 Å². The fourth-order valence-electron chi connectivity index (χ4n) is 2.04. The van der Waals surface area contributed by atoms with E-state index in [2.05, 4.69) is 30.4 Å². The summed E-state index contributed by atoms with van der Waals surface area (Å²) in [6.45, 7) is 7.65. The zero-order chi connectivity index (χ0) is 14.5. The number of nitrogens with zero attached hydrogens (tertiary/aromatic N) is 3. The second-order valence-electron chi connectivity index (χ2n) is 4.91. The lowest BCUT2D eigenvalue weighted by molar-refractivity contribution is 0.0671. The van der Waals surface area contributed by atoms with Crippen molar-refractivity contribution in [1.29, 1.82) is 0 Å². The molecule has 0 aromatic carbocycles. The lowest BCUT2D eigenvalue weighted by Gasteiger charge is -2.28. The third-order valence-electron chi connectivity index (χ3n) is 3.52. The van der Waals surface area contributed by atoms with Gasteiger partial charge < -0.3 is 4.90 Å². The smallest absolute Gasteiger partial charge is 0.257 e. The summed E-state index contributed by atoms with van der Waals surface area (Å²) in [5.41, 5.74) is 1.86. The van der Waals surface area contributed by atoms with Crippen molar-refractivity contribution in [2.45, 2.75) is 46.3 Å². The van der Waals surface area contributed by atoms with Crippen LogP contribution >= 0.6 is 11.3 Å². The number of carbonyl (C=O) groups excluding carboxylic acids is 1. The molecule has 108 valence electrons. The van der Waals surface area contributed by atoms with Crippen molar-refractivity contribution in [2.24, 2.45) is 0 Å². The molecule has 0 spiro atoms. The Labute approximate surface area is 124 Å². The summed E-state index contributed by atoms with van der Waals surface area (Å²) in [6, 6.07) is 2.29. The van der Waals surface area contributed by atoms with Crippen molar-refractivity contribution in [1.82, 2.24) is 14.7 Å². The van der Waals surface area contributed by atoms with Crippen LogP contribution in [0.25, 0.3) is 0 Å². The molecule has 1 amide bonds. The first-order valence-electron chi connectivity index (χ1n) is 7.00. The van der Waals surface area contributed by atoms with E-state index in [-0.39, 0.29) is 11.9 Å². The molecule has 20 heavy (non-hydrogen) atoms. The van der Waals surface area contributed by atoms with Crippen LogP contribution in [0, 0.1) is 0 Å². The summed E-state index contributed by atoms with van der Waals surface area (Å²) in [5.74, 6) is 0.0604. The van der Waals surface area contributed by atoms with Crippen LogP contribution in [-0.2, 0) is 13.1 Å². The summed E-state index contributed by atoms with van der Waals surface area (Å²) in [5, 5.41) is 8.33. The molecule has 0 aliphatic rings. The van der Waals surface area contributed by atoms with E-state index < -0.39 is 0 Å². The minimum absolute atomic E-state index is 0.0604. The van der Waals surface area contributed by atoms with Crippen LogP contribution in [0.2, 0.25) is 0 Å². The molecular weight excluding hydrogens is 270 g/mol. The first kappa shape index (κ1) is 14.8. The standard InChI is InChI=1S/C15H21N3OS/c1-4-12(3)18(9-13-6-7-20-11-13)15(19)14-8-16-17(5-2)10-14/h6-8,10-12H,4-5,9H2,1-3H3/t12-/m0/s1. The molecule has 0 N–H and O–H groups in total. The predicted molar refractivity (Wildman–Crippen MR) is 81.8 cm³/mol. The Morgan fingerprint density at radius 3 is 2.85 bits per heavy atom. The Morgan fingerprint density at radius 2 is 2.30 bits per heavy atom. The van der Waals surface area contributed by atoms with Gasteiger partial charge in [-0.25, -0.2) is 0 Å².